The minimum Gasteiger partial charge on any atom is -0.368 e. The Morgan fingerprint density at radius 3 is 2.50 bits per heavy atom. The first kappa shape index (κ1) is 14.6. The molecule has 1 atom stereocenters. The zero-order valence-corrected chi connectivity index (χ0v) is 12.9. The fourth-order valence-corrected chi connectivity index (χ4v) is 2.50. The van der Waals surface area contributed by atoms with E-state index in [9.17, 15) is 14.4 Å². The third-order valence-electron chi connectivity index (χ3n) is 3.78. The Labute approximate surface area is 124 Å². The van der Waals surface area contributed by atoms with Gasteiger partial charge in [0.2, 0.25) is 5.91 Å². The van der Waals surface area contributed by atoms with E-state index in [0.717, 1.165) is 4.90 Å². The minimum atomic E-state index is -1.39. The molecule has 0 bridgehead atoms. The molecule has 0 saturated carbocycles. The van der Waals surface area contributed by atoms with Gasteiger partial charge in [-0.15, -0.1) is 0 Å². The Morgan fingerprint density at radius 2 is 2.00 bits per heavy atom. The van der Waals surface area contributed by atoms with E-state index in [4.69, 9.17) is 5.73 Å². The number of aromatic nitrogens is 1. The molecule has 0 spiro atoms. The average molecular weight is 340 g/mol. The van der Waals surface area contributed by atoms with Crippen molar-refractivity contribution in [3.63, 3.8) is 0 Å². The number of imide groups is 1. The van der Waals surface area contributed by atoms with E-state index in [1.165, 1.54) is 19.2 Å². The van der Waals surface area contributed by atoms with Gasteiger partial charge in [-0.1, -0.05) is 13.8 Å². The predicted molar refractivity (Wildman–Crippen MR) is 74.9 cm³/mol. The zero-order chi connectivity index (χ0) is 15.2. The Kier molecular flexibility index (Phi) is 3.41. The van der Waals surface area contributed by atoms with Crippen LogP contribution in [0.2, 0.25) is 0 Å². The Morgan fingerprint density at radius 1 is 1.40 bits per heavy atom. The lowest BCUT2D eigenvalue weighted by Gasteiger charge is -2.37. The Hall–Kier alpha value is -1.76. The first-order chi connectivity index (χ1) is 9.21. The molecule has 1 unspecified atom stereocenters. The lowest BCUT2D eigenvalue weighted by molar-refractivity contribution is -0.129. The number of carbonyl (C=O) groups is 3. The standard InChI is InChI=1S/C13H14BrN3O3/c1-6(2)13(3,12(15)20)17-10(18)8-4-7(14)5-16-9(8)11(17)19/h4-6H,1-3H3,(H2,15,20). The van der Waals surface area contributed by atoms with Crippen LogP contribution in [0.3, 0.4) is 0 Å². The van der Waals surface area contributed by atoms with E-state index in [0.29, 0.717) is 4.47 Å². The number of hydrogen-bond acceptors (Lipinski definition) is 4. The molecule has 1 aliphatic heterocycles. The van der Waals surface area contributed by atoms with Crippen LogP contribution in [0, 0.1) is 5.92 Å². The summed E-state index contributed by atoms with van der Waals surface area (Å²) in [5, 5.41) is 0. The number of rotatable bonds is 3. The van der Waals surface area contributed by atoms with Crippen molar-refractivity contribution in [1.29, 1.82) is 0 Å². The molecule has 2 N–H and O–H groups in total. The maximum absolute atomic E-state index is 12.5. The molecule has 2 rings (SSSR count). The third kappa shape index (κ3) is 1.84. The van der Waals surface area contributed by atoms with Gasteiger partial charge in [-0.2, -0.15) is 0 Å². The van der Waals surface area contributed by atoms with E-state index >= 15 is 0 Å². The Balaban J connectivity index is 2.60. The molecule has 2 heterocycles. The van der Waals surface area contributed by atoms with E-state index in [1.807, 2.05) is 0 Å². The fraction of sp³-hybridized carbons (Fsp3) is 0.385. The summed E-state index contributed by atoms with van der Waals surface area (Å²) in [5.41, 5.74) is 4.26. The van der Waals surface area contributed by atoms with Crippen LogP contribution in [0.4, 0.5) is 0 Å². The van der Waals surface area contributed by atoms with Crippen molar-refractivity contribution in [2.75, 3.05) is 0 Å². The maximum atomic E-state index is 12.5. The highest BCUT2D eigenvalue weighted by Crippen LogP contribution is 2.33. The second kappa shape index (κ2) is 4.66. The van der Waals surface area contributed by atoms with Crippen LogP contribution < -0.4 is 5.73 Å². The topological polar surface area (TPSA) is 93.4 Å². The van der Waals surface area contributed by atoms with E-state index in [-0.39, 0.29) is 17.2 Å². The Bertz CT molecular complexity index is 629. The average Bonchev–Trinajstić information content (AvgIpc) is 2.60. The van der Waals surface area contributed by atoms with Gasteiger partial charge in [-0.25, -0.2) is 4.98 Å². The van der Waals surface area contributed by atoms with Crippen LogP contribution in [0.15, 0.2) is 16.7 Å². The van der Waals surface area contributed by atoms with Crippen molar-refractivity contribution in [3.05, 3.63) is 28.0 Å². The highest BCUT2D eigenvalue weighted by atomic mass is 79.9. The molecule has 1 aromatic rings. The molecule has 0 radical (unpaired) electrons. The van der Waals surface area contributed by atoms with Gasteiger partial charge in [-0.3, -0.25) is 19.3 Å². The van der Waals surface area contributed by atoms with Gasteiger partial charge >= 0.3 is 0 Å². The number of halogens is 1. The lowest BCUT2D eigenvalue weighted by atomic mass is 9.86. The van der Waals surface area contributed by atoms with Crippen LogP contribution in [0.25, 0.3) is 0 Å². The van der Waals surface area contributed by atoms with Crippen molar-refractivity contribution >= 4 is 33.7 Å². The van der Waals surface area contributed by atoms with Gasteiger partial charge in [0.1, 0.15) is 11.2 Å². The van der Waals surface area contributed by atoms with Gasteiger partial charge in [-0.05, 0) is 34.8 Å². The molecule has 0 aromatic carbocycles. The summed E-state index contributed by atoms with van der Waals surface area (Å²) in [4.78, 5) is 41.5. The number of nitrogens with two attached hydrogens (primary N) is 1. The molecule has 0 fully saturated rings. The monoisotopic (exact) mass is 339 g/mol. The minimum absolute atomic E-state index is 0.0475. The predicted octanol–water partition coefficient (Wildman–Crippen LogP) is 1.34. The van der Waals surface area contributed by atoms with Gasteiger partial charge in [0.05, 0.1) is 5.56 Å². The van der Waals surface area contributed by atoms with Gasteiger partial charge in [0, 0.05) is 10.7 Å². The van der Waals surface area contributed by atoms with E-state index < -0.39 is 23.3 Å². The summed E-state index contributed by atoms with van der Waals surface area (Å²) in [7, 11) is 0. The van der Waals surface area contributed by atoms with E-state index in [2.05, 4.69) is 20.9 Å². The molecule has 106 valence electrons. The lowest BCUT2D eigenvalue weighted by Crippen LogP contribution is -2.60. The van der Waals surface area contributed by atoms with Crippen molar-refractivity contribution in [3.8, 4) is 0 Å². The number of fused-ring (bicyclic) bond motifs is 1. The number of carbonyl (C=O) groups excluding carboxylic acids is 3. The van der Waals surface area contributed by atoms with E-state index in [1.54, 1.807) is 13.8 Å². The summed E-state index contributed by atoms with van der Waals surface area (Å²) < 4.78 is 0.588. The van der Waals surface area contributed by atoms with Crippen LogP contribution in [0.1, 0.15) is 41.6 Å². The molecule has 1 aliphatic rings. The van der Waals surface area contributed by atoms with Crippen LogP contribution >= 0.6 is 15.9 Å². The third-order valence-corrected chi connectivity index (χ3v) is 4.21. The number of nitrogens with zero attached hydrogens (tertiary/aromatic N) is 2. The van der Waals surface area contributed by atoms with Crippen molar-refractivity contribution in [2.45, 2.75) is 26.3 Å². The molecule has 7 heteroatoms. The van der Waals surface area contributed by atoms with Gasteiger partial charge < -0.3 is 5.73 Å². The zero-order valence-electron chi connectivity index (χ0n) is 11.3. The second-order valence-electron chi connectivity index (χ2n) is 5.16. The van der Waals surface area contributed by atoms with Crippen molar-refractivity contribution < 1.29 is 14.4 Å². The maximum Gasteiger partial charge on any atom is 0.281 e. The summed E-state index contributed by atoms with van der Waals surface area (Å²) in [5.74, 6) is -2.17. The number of amides is 3. The summed E-state index contributed by atoms with van der Waals surface area (Å²) in [6.45, 7) is 4.96. The molecular weight excluding hydrogens is 326 g/mol. The molecule has 1 aromatic heterocycles. The largest absolute Gasteiger partial charge is 0.368 e. The first-order valence-electron chi connectivity index (χ1n) is 6.05. The first-order valence-corrected chi connectivity index (χ1v) is 6.85. The number of primary amides is 1. The van der Waals surface area contributed by atoms with Gasteiger partial charge in [0.15, 0.2) is 0 Å². The normalized spacial score (nSPS) is 17.4. The molecule has 6 nitrogen and oxygen atoms in total. The second-order valence-corrected chi connectivity index (χ2v) is 6.08. The summed E-state index contributed by atoms with van der Waals surface area (Å²) in [6, 6.07) is 1.52. The van der Waals surface area contributed by atoms with Crippen LogP contribution in [-0.2, 0) is 4.79 Å². The summed E-state index contributed by atoms with van der Waals surface area (Å²) in [6.07, 6.45) is 1.44. The van der Waals surface area contributed by atoms with Gasteiger partial charge in [0.25, 0.3) is 11.8 Å². The quantitative estimate of drug-likeness (QED) is 0.841. The van der Waals surface area contributed by atoms with Crippen LogP contribution in [-0.4, -0.2) is 33.1 Å². The van der Waals surface area contributed by atoms with Crippen LogP contribution in [0.5, 0.6) is 0 Å². The number of hydrogen-bond donors (Lipinski definition) is 1. The molecule has 0 saturated heterocycles. The summed E-state index contributed by atoms with van der Waals surface area (Å²) >= 11 is 3.20. The molecular formula is C13H14BrN3O3. The molecule has 20 heavy (non-hydrogen) atoms. The smallest absolute Gasteiger partial charge is 0.281 e. The molecule has 0 aliphatic carbocycles. The highest BCUT2D eigenvalue weighted by molar-refractivity contribution is 9.10. The van der Waals surface area contributed by atoms with Crippen molar-refractivity contribution in [1.82, 2.24) is 9.88 Å². The SMILES string of the molecule is CC(C)C(C)(C(N)=O)N1C(=O)c2cc(Br)cnc2C1=O. The number of pyridine rings is 1. The molecule has 3 amide bonds. The fourth-order valence-electron chi connectivity index (χ4n) is 2.17. The van der Waals surface area contributed by atoms with Crippen molar-refractivity contribution in [2.24, 2.45) is 11.7 Å². The highest BCUT2D eigenvalue weighted by Gasteiger charge is 2.52.